The second kappa shape index (κ2) is 4.03. The highest BCUT2D eigenvalue weighted by Gasteiger charge is 2.36. The first kappa shape index (κ1) is 9.49. The molecule has 3 atom stereocenters. The molecule has 3 unspecified atom stereocenters. The Morgan fingerprint density at radius 2 is 2.00 bits per heavy atom. The second-order valence-corrected chi connectivity index (χ2v) is 6.28. The van der Waals surface area contributed by atoms with Crippen LogP contribution in [-0.4, -0.2) is 49.1 Å². The van der Waals surface area contributed by atoms with Crippen LogP contribution in [0, 0.1) is 17.8 Å². The molecule has 80 valence electrons. The monoisotopic (exact) mass is 212 g/mol. The molecule has 3 heterocycles. The van der Waals surface area contributed by atoms with Crippen molar-refractivity contribution in [1.29, 1.82) is 0 Å². The van der Waals surface area contributed by atoms with Crippen LogP contribution in [0.1, 0.15) is 6.42 Å². The lowest BCUT2D eigenvalue weighted by molar-refractivity contribution is 0.272. The number of rotatable bonds is 2. The summed E-state index contributed by atoms with van der Waals surface area (Å²) >= 11 is 2.15. The lowest BCUT2D eigenvalue weighted by atomic mass is 10.0. The maximum absolute atomic E-state index is 3.51. The highest BCUT2D eigenvalue weighted by atomic mass is 32.2. The zero-order valence-electron chi connectivity index (χ0n) is 8.74. The largest absolute Gasteiger partial charge is 0.316 e. The molecule has 3 aliphatic heterocycles. The molecule has 0 aromatic heterocycles. The fraction of sp³-hybridized carbons (Fsp3) is 1.00. The number of likely N-dealkylation sites (tertiary alicyclic amines) is 1. The van der Waals surface area contributed by atoms with Gasteiger partial charge in [0, 0.05) is 19.6 Å². The third-order valence-corrected chi connectivity index (χ3v) is 5.24. The number of nitrogens with one attached hydrogen (secondary N) is 1. The Morgan fingerprint density at radius 1 is 1.21 bits per heavy atom. The molecular formula is C11H20N2S. The van der Waals surface area contributed by atoms with Crippen LogP contribution in [0.15, 0.2) is 0 Å². The quantitative estimate of drug-likeness (QED) is 0.732. The summed E-state index contributed by atoms with van der Waals surface area (Å²) in [7, 11) is 0. The Bertz CT molecular complexity index is 191. The Labute approximate surface area is 90.8 Å². The second-order valence-electron chi connectivity index (χ2n) is 5.13. The lowest BCUT2D eigenvalue weighted by Gasteiger charge is -2.20. The van der Waals surface area contributed by atoms with Gasteiger partial charge in [0.1, 0.15) is 0 Å². The van der Waals surface area contributed by atoms with Crippen LogP contribution >= 0.6 is 11.8 Å². The molecule has 3 aliphatic rings. The van der Waals surface area contributed by atoms with Crippen molar-refractivity contribution in [2.75, 3.05) is 44.2 Å². The van der Waals surface area contributed by atoms with E-state index in [9.17, 15) is 0 Å². The van der Waals surface area contributed by atoms with E-state index in [0.717, 1.165) is 17.8 Å². The van der Waals surface area contributed by atoms with Crippen LogP contribution in [-0.2, 0) is 0 Å². The summed E-state index contributed by atoms with van der Waals surface area (Å²) in [5, 5.41) is 3.51. The van der Waals surface area contributed by atoms with Gasteiger partial charge in [0.05, 0.1) is 0 Å². The van der Waals surface area contributed by atoms with Gasteiger partial charge >= 0.3 is 0 Å². The van der Waals surface area contributed by atoms with E-state index in [0.29, 0.717) is 0 Å². The van der Waals surface area contributed by atoms with E-state index in [1.165, 1.54) is 50.7 Å². The standard InChI is InChI=1S/C11H20N2S/c1-2-14-8-9(1)5-13-6-10-3-12-4-11(10)7-13/h9-12H,1-8H2. The van der Waals surface area contributed by atoms with Crippen molar-refractivity contribution in [3.8, 4) is 0 Å². The van der Waals surface area contributed by atoms with E-state index in [1.807, 2.05) is 0 Å². The molecule has 1 N–H and O–H groups in total. The van der Waals surface area contributed by atoms with Crippen molar-refractivity contribution in [3.63, 3.8) is 0 Å². The van der Waals surface area contributed by atoms with Gasteiger partial charge in [-0.15, -0.1) is 0 Å². The van der Waals surface area contributed by atoms with E-state index in [2.05, 4.69) is 22.0 Å². The van der Waals surface area contributed by atoms with E-state index in [4.69, 9.17) is 0 Å². The van der Waals surface area contributed by atoms with Crippen molar-refractivity contribution in [3.05, 3.63) is 0 Å². The van der Waals surface area contributed by atoms with Gasteiger partial charge in [0.15, 0.2) is 0 Å². The number of hydrogen-bond donors (Lipinski definition) is 1. The number of hydrogen-bond acceptors (Lipinski definition) is 3. The smallest absolute Gasteiger partial charge is 0.00257 e. The van der Waals surface area contributed by atoms with E-state index in [-0.39, 0.29) is 0 Å². The summed E-state index contributed by atoms with van der Waals surface area (Å²) in [6, 6.07) is 0. The summed E-state index contributed by atoms with van der Waals surface area (Å²) in [6.07, 6.45) is 1.47. The molecule has 14 heavy (non-hydrogen) atoms. The number of fused-ring (bicyclic) bond motifs is 1. The third-order valence-electron chi connectivity index (χ3n) is 4.01. The number of thioether (sulfide) groups is 1. The summed E-state index contributed by atoms with van der Waals surface area (Å²) in [6.45, 7) is 6.69. The molecule has 3 saturated heterocycles. The van der Waals surface area contributed by atoms with Crippen molar-refractivity contribution < 1.29 is 0 Å². The van der Waals surface area contributed by atoms with Crippen molar-refractivity contribution in [2.24, 2.45) is 17.8 Å². The van der Waals surface area contributed by atoms with Crippen LogP contribution in [0.4, 0.5) is 0 Å². The van der Waals surface area contributed by atoms with Gasteiger partial charge < -0.3 is 10.2 Å². The van der Waals surface area contributed by atoms with E-state index in [1.54, 1.807) is 0 Å². The molecule has 0 aliphatic carbocycles. The van der Waals surface area contributed by atoms with Crippen LogP contribution in [0.2, 0.25) is 0 Å². The summed E-state index contributed by atoms with van der Waals surface area (Å²) in [4.78, 5) is 2.73. The minimum absolute atomic E-state index is 0.976. The zero-order valence-corrected chi connectivity index (χ0v) is 9.56. The molecule has 0 saturated carbocycles. The highest BCUT2D eigenvalue weighted by Crippen LogP contribution is 2.30. The minimum Gasteiger partial charge on any atom is -0.316 e. The average Bonchev–Trinajstić information content (AvgIpc) is 2.78. The van der Waals surface area contributed by atoms with Crippen LogP contribution < -0.4 is 5.32 Å². The summed E-state index contributed by atoms with van der Waals surface area (Å²) < 4.78 is 0. The minimum atomic E-state index is 0.976. The Morgan fingerprint density at radius 3 is 2.64 bits per heavy atom. The first-order valence-electron chi connectivity index (χ1n) is 5.92. The van der Waals surface area contributed by atoms with Gasteiger partial charge in [0.25, 0.3) is 0 Å². The third kappa shape index (κ3) is 1.82. The first-order chi connectivity index (χ1) is 6.92. The van der Waals surface area contributed by atoms with Crippen molar-refractivity contribution in [2.45, 2.75) is 6.42 Å². The SMILES string of the molecule is C1CC(CN2CC3CNCC3C2)CS1. The molecule has 0 aromatic carbocycles. The fourth-order valence-corrected chi connectivity index (χ4v) is 4.47. The van der Waals surface area contributed by atoms with Gasteiger partial charge in [0.2, 0.25) is 0 Å². The van der Waals surface area contributed by atoms with E-state index < -0.39 is 0 Å². The van der Waals surface area contributed by atoms with Crippen LogP contribution in [0.25, 0.3) is 0 Å². The molecule has 0 radical (unpaired) electrons. The van der Waals surface area contributed by atoms with Crippen molar-refractivity contribution >= 4 is 11.8 Å². The van der Waals surface area contributed by atoms with Gasteiger partial charge in [-0.3, -0.25) is 0 Å². The van der Waals surface area contributed by atoms with Gasteiger partial charge in [-0.2, -0.15) is 11.8 Å². The predicted octanol–water partition coefficient (Wildman–Crippen LogP) is 0.891. The highest BCUT2D eigenvalue weighted by molar-refractivity contribution is 7.99. The van der Waals surface area contributed by atoms with Gasteiger partial charge in [-0.1, -0.05) is 0 Å². The van der Waals surface area contributed by atoms with Gasteiger partial charge in [-0.05, 0) is 48.8 Å². The predicted molar refractivity (Wildman–Crippen MR) is 61.7 cm³/mol. The molecule has 3 fully saturated rings. The molecular weight excluding hydrogens is 192 g/mol. The Hall–Kier alpha value is 0.270. The Kier molecular flexibility index (Phi) is 2.73. The lowest BCUT2D eigenvalue weighted by Crippen LogP contribution is -2.30. The van der Waals surface area contributed by atoms with Gasteiger partial charge in [-0.25, -0.2) is 0 Å². The topological polar surface area (TPSA) is 15.3 Å². The molecule has 0 amide bonds. The molecule has 3 rings (SSSR count). The summed E-state index contributed by atoms with van der Waals surface area (Å²) in [5.41, 5.74) is 0. The van der Waals surface area contributed by atoms with E-state index >= 15 is 0 Å². The maximum Gasteiger partial charge on any atom is 0.00257 e. The molecule has 0 spiro atoms. The molecule has 0 bridgehead atoms. The normalized spacial score (nSPS) is 43.3. The Balaban J connectivity index is 1.50. The molecule has 2 nitrogen and oxygen atoms in total. The zero-order chi connectivity index (χ0) is 9.38. The maximum atomic E-state index is 3.51. The van der Waals surface area contributed by atoms with Crippen LogP contribution in [0.5, 0.6) is 0 Å². The first-order valence-corrected chi connectivity index (χ1v) is 7.08. The molecule has 3 heteroatoms. The van der Waals surface area contributed by atoms with Crippen LogP contribution in [0.3, 0.4) is 0 Å². The summed E-state index contributed by atoms with van der Waals surface area (Å²) in [5.74, 6) is 5.79. The fourth-order valence-electron chi connectivity index (χ4n) is 3.19. The number of nitrogens with zero attached hydrogens (tertiary/aromatic N) is 1. The van der Waals surface area contributed by atoms with Crippen molar-refractivity contribution in [1.82, 2.24) is 10.2 Å². The molecule has 0 aromatic rings. The average molecular weight is 212 g/mol.